The molecular formula is C18H22N4O2S. The zero-order chi connectivity index (χ0) is 17.8. The van der Waals surface area contributed by atoms with Gasteiger partial charge in [-0.3, -0.25) is 10.1 Å². The number of aromatic nitrogens is 2. The molecule has 1 unspecified atom stereocenters. The standard InChI is InChI=1S/C18H22N4O2S/c1-3-19-17(24)21-16(23)12(2)25-18-20-11-15(22(18)14-9-10-14)13-7-5-4-6-8-13/h4-8,11-12,14H,3,9-10H2,1-2H3,(H2,19,21,23,24). The van der Waals surface area contributed by atoms with Crippen LogP contribution < -0.4 is 10.6 Å². The molecule has 1 heterocycles. The summed E-state index contributed by atoms with van der Waals surface area (Å²) in [6, 6.07) is 10.1. The summed E-state index contributed by atoms with van der Waals surface area (Å²) in [5, 5.41) is 5.32. The van der Waals surface area contributed by atoms with E-state index in [9.17, 15) is 9.59 Å². The second-order valence-electron chi connectivity index (χ2n) is 6.00. The van der Waals surface area contributed by atoms with Crippen LogP contribution in [0, 0.1) is 0 Å². The van der Waals surface area contributed by atoms with Crippen molar-refractivity contribution in [3.63, 3.8) is 0 Å². The SMILES string of the molecule is CCNC(=O)NC(=O)C(C)Sc1ncc(-c2ccccc2)n1C1CC1. The highest BCUT2D eigenvalue weighted by Crippen LogP contribution is 2.42. The number of imidazole rings is 1. The van der Waals surface area contributed by atoms with E-state index in [1.807, 2.05) is 24.4 Å². The van der Waals surface area contributed by atoms with Gasteiger partial charge < -0.3 is 9.88 Å². The van der Waals surface area contributed by atoms with Gasteiger partial charge in [0, 0.05) is 12.6 Å². The van der Waals surface area contributed by atoms with E-state index in [-0.39, 0.29) is 5.91 Å². The van der Waals surface area contributed by atoms with Crippen molar-refractivity contribution in [2.24, 2.45) is 0 Å². The largest absolute Gasteiger partial charge is 0.338 e. The maximum Gasteiger partial charge on any atom is 0.321 e. The summed E-state index contributed by atoms with van der Waals surface area (Å²) in [4.78, 5) is 28.2. The normalized spacial score (nSPS) is 14.8. The van der Waals surface area contributed by atoms with Gasteiger partial charge in [0.2, 0.25) is 5.91 Å². The Kier molecular flexibility index (Phi) is 5.43. The van der Waals surface area contributed by atoms with E-state index in [0.717, 1.165) is 29.3 Å². The van der Waals surface area contributed by atoms with E-state index >= 15 is 0 Å². The molecule has 0 saturated heterocycles. The minimum Gasteiger partial charge on any atom is -0.338 e. The average molecular weight is 358 g/mol. The number of urea groups is 1. The molecule has 0 bridgehead atoms. The number of rotatable bonds is 6. The second kappa shape index (κ2) is 7.74. The fourth-order valence-electron chi connectivity index (χ4n) is 2.57. The Balaban J connectivity index is 1.76. The van der Waals surface area contributed by atoms with Gasteiger partial charge in [0.25, 0.3) is 0 Å². The molecule has 1 aromatic carbocycles. The molecule has 1 aliphatic carbocycles. The van der Waals surface area contributed by atoms with E-state index in [1.54, 1.807) is 13.8 Å². The lowest BCUT2D eigenvalue weighted by Gasteiger charge is -2.14. The number of carbonyl (C=O) groups excluding carboxylic acids is 2. The Morgan fingerprint density at radius 2 is 2.04 bits per heavy atom. The average Bonchev–Trinajstić information content (AvgIpc) is 3.36. The lowest BCUT2D eigenvalue weighted by molar-refractivity contribution is -0.119. The molecule has 0 aliphatic heterocycles. The first-order chi connectivity index (χ1) is 12.1. The predicted molar refractivity (Wildman–Crippen MR) is 98.5 cm³/mol. The van der Waals surface area contributed by atoms with Crippen LogP contribution in [0.1, 0.15) is 32.7 Å². The Morgan fingerprint density at radius 1 is 1.32 bits per heavy atom. The van der Waals surface area contributed by atoms with Gasteiger partial charge in [-0.25, -0.2) is 9.78 Å². The Bertz CT molecular complexity index is 756. The molecule has 7 heteroatoms. The fraction of sp³-hybridized carbons (Fsp3) is 0.389. The van der Waals surface area contributed by atoms with Gasteiger partial charge in [-0.1, -0.05) is 42.1 Å². The molecule has 0 spiro atoms. The number of thioether (sulfide) groups is 1. The summed E-state index contributed by atoms with van der Waals surface area (Å²) < 4.78 is 2.22. The number of nitrogens with zero attached hydrogens (tertiary/aromatic N) is 2. The van der Waals surface area contributed by atoms with Crippen molar-refractivity contribution in [2.45, 2.75) is 43.1 Å². The molecule has 1 atom stereocenters. The van der Waals surface area contributed by atoms with E-state index in [2.05, 4.69) is 32.3 Å². The third-order valence-corrected chi connectivity index (χ3v) is 5.05. The van der Waals surface area contributed by atoms with Crippen molar-refractivity contribution < 1.29 is 9.59 Å². The Morgan fingerprint density at radius 3 is 2.68 bits per heavy atom. The van der Waals surface area contributed by atoms with Gasteiger partial charge in [-0.05, 0) is 32.3 Å². The lowest BCUT2D eigenvalue weighted by atomic mass is 10.2. The van der Waals surface area contributed by atoms with Gasteiger partial charge in [-0.2, -0.15) is 0 Å². The number of nitrogens with one attached hydrogen (secondary N) is 2. The summed E-state index contributed by atoms with van der Waals surface area (Å²) in [5.74, 6) is -0.317. The van der Waals surface area contributed by atoms with Crippen LogP contribution in [0.4, 0.5) is 4.79 Å². The maximum absolute atomic E-state index is 12.2. The van der Waals surface area contributed by atoms with Crippen LogP contribution in [0.25, 0.3) is 11.3 Å². The van der Waals surface area contributed by atoms with Gasteiger partial charge in [0.05, 0.1) is 17.1 Å². The molecule has 1 fully saturated rings. The van der Waals surface area contributed by atoms with Crippen molar-refractivity contribution in [3.8, 4) is 11.3 Å². The molecule has 2 aromatic rings. The van der Waals surface area contributed by atoms with Crippen molar-refractivity contribution in [1.29, 1.82) is 0 Å². The summed E-state index contributed by atoms with van der Waals surface area (Å²) >= 11 is 1.38. The highest BCUT2D eigenvalue weighted by molar-refractivity contribution is 8.00. The molecule has 1 aliphatic rings. The second-order valence-corrected chi connectivity index (χ2v) is 7.31. The zero-order valence-electron chi connectivity index (χ0n) is 14.4. The highest BCUT2D eigenvalue weighted by atomic mass is 32.2. The van der Waals surface area contributed by atoms with Crippen molar-refractivity contribution in [3.05, 3.63) is 36.5 Å². The van der Waals surface area contributed by atoms with Gasteiger partial charge in [0.15, 0.2) is 5.16 Å². The number of hydrogen-bond donors (Lipinski definition) is 2. The monoisotopic (exact) mass is 358 g/mol. The smallest absolute Gasteiger partial charge is 0.321 e. The van der Waals surface area contributed by atoms with Crippen LogP contribution >= 0.6 is 11.8 Å². The summed E-state index contributed by atoms with van der Waals surface area (Å²) in [7, 11) is 0. The van der Waals surface area contributed by atoms with Crippen LogP contribution in [-0.4, -0.2) is 33.3 Å². The number of carbonyl (C=O) groups is 2. The molecule has 0 radical (unpaired) electrons. The number of imide groups is 1. The van der Waals surface area contributed by atoms with Crippen LogP contribution in [0.2, 0.25) is 0 Å². The first-order valence-corrected chi connectivity index (χ1v) is 9.36. The first kappa shape index (κ1) is 17.5. The third-order valence-electron chi connectivity index (χ3n) is 3.97. The van der Waals surface area contributed by atoms with Crippen molar-refractivity contribution in [2.75, 3.05) is 6.54 Å². The Labute approximate surface area is 151 Å². The summed E-state index contributed by atoms with van der Waals surface area (Å²) in [6.07, 6.45) is 4.12. The summed E-state index contributed by atoms with van der Waals surface area (Å²) in [6.45, 7) is 4.07. The van der Waals surface area contributed by atoms with Crippen LogP contribution in [0.5, 0.6) is 0 Å². The third kappa shape index (κ3) is 4.22. The van der Waals surface area contributed by atoms with Gasteiger partial charge in [0.1, 0.15) is 0 Å². The van der Waals surface area contributed by atoms with Crippen molar-refractivity contribution in [1.82, 2.24) is 20.2 Å². The molecule has 1 saturated carbocycles. The minimum absolute atomic E-state index is 0.317. The van der Waals surface area contributed by atoms with E-state index in [1.165, 1.54) is 11.8 Å². The minimum atomic E-state index is -0.463. The zero-order valence-corrected chi connectivity index (χ0v) is 15.2. The fourth-order valence-corrected chi connectivity index (χ4v) is 3.53. The summed E-state index contributed by atoms with van der Waals surface area (Å²) in [5.41, 5.74) is 2.19. The topological polar surface area (TPSA) is 76.0 Å². The first-order valence-electron chi connectivity index (χ1n) is 8.48. The molecule has 1 aromatic heterocycles. The number of hydrogen-bond acceptors (Lipinski definition) is 4. The maximum atomic E-state index is 12.2. The van der Waals surface area contributed by atoms with E-state index in [0.29, 0.717) is 12.6 Å². The highest BCUT2D eigenvalue weighted by Gasteiger charge is 2.30. The van der Waals surface area contributed by atoms with Gasteiger partial charge in [-0.15, -0.1) is 0 Å². The van der Waals surface area contributed by atoms with Gasteiger partial charge >= 0.3 is 6.03 Å². The van der Waals surface area contributed by atoms with E-state index in [4.69, 9.17) is 0 Å². The van der Waals surface area contributed by atoms with E-state index < -0.39 is 11.3 Å². The number of benzene rings is 1. The lowest BCUT2D eigenvalue weighted by Crippen LogP contribution is -2.42. The Hall–Kier alpha value is -2.28. The number of amides is 3. The van der Waals surface area contributed by atoms with Crippen LogP contribution in [0.15, 0.2) is 41.7 Å². The van der Waals surface area contributed by atoms with Crippen LogP contribution in [-0.2, 0) is 4.79 Å². The predicted octanol–water partition coefficient (Wildman–Crippen LogP) is 3.21. The van der Waals surface area contributed by atoms with Crippen molar-refractivity contribution >= 4 is 23.7 Å². The molecule has 3 rings (SSSR count). The molecule has 2 N–H and O–H groups in total. The molecule has 3 amide bonds. The van der Waals surface area contributed by atoms with Crippen LogP contribution in [0.3, 0.4) is 0 Å². The molecule has 25 heavy (non-hydrogen) atoms. The molecule has 6 nitrogen and oxygen atoms in total. The molecular weight excluding hydrogens is 336 g/mol. The quantitative estimate of drug-likeness (QED) is 0.778. The molecule has 132 valence electrons.